The van der Waals surface area contributed by atoms with Crippen molar-refractivity contribution in [1.82, 2.24) is 4.90 Å². The van der Waals surface area contributed by atoms with E-state index in [9.17, 15) is 4.79 Å². The zero-order chi connectivity index (χ0) is 13.3. The van der Waals surface area contributed by atoms with Gasteiger partial charge in [0.2, 0.25) is 0 Å². The van der Waals surface area contributed by atoms with Gasteiger partial charge in [0.05, 0.1) is 10.6 Å². The maximum atomic E-state index is 12.5. The fourth-order valence-electron chi connectivity index (χ4n) is 2.41. The van der Waals surface area contributed by atoms with Gasteiger partial charge in [0.15, 0.2) is 0 Å². The molecule has 0 radical (unpaired) electrons. The number of likely N-dealkylation sites (tertiary alicyclic amines) is 1. The van der Waals surface area contributed by atoms with Crippen molar-refractivity contribution in [1.29, 1.82) is 0 Å². The van der Waals surface area contributed by atoms with Gasteiger partial charge >= 0.3 is 0 Å². The number of hydrogen-bond donors (Lipinski definition) is 1. The molecule has 1 aliphatic rings. The van der Waals surface area contributed by atoms with Crippen LogP contribution in [0.15, 0.2) is 22.7 Å². The van der Waals surface area contributed by atoms with Crippen LogP contribution in [0.25, 0.3) is 0 Å². The largest absolute Gasteiger partial charge is 0.336 e. The second-order valence-electron chi connectivity index (χ2n) is 4.77. The number of nitrogens with zero attached hydrogens (tertiary/aromatic N) is 1. The van der Waals surface area contributed by atoms with Crippen molar-refractivity contribution < 1.29 is 4.79 Å². The summed E-state index contributed by atoms with van der Waals surface area (Å²) in [4.78, 5) is 14.3. The minimum atomic E-state index is -0.00949. The molecule has 1 heterocycles. The molecule has 0 aromatic heterocycles. The maximum absolute atomic E-state index is 12.5. The monoisotopic (exact) mass is 366 g/mol. The lowest BCUT2D eigenvalue weighted by atomic mass is 10.1. The number of hydrogen-bond acceptors (Lipinski definition) is 2. The first kappa shape index (κ1) is 16.8. The Bertz CT molecular complexity index is 470. The standard InChI is InChI=1S/C13H16BrClN2O.ClH/c1-8-4-9(6-16)7-17(8)13(18)11-5-10(14)2-3-12(11)15;/h2-3,5,8-9H,4,6-7,16H2,1H3;1H. The number of halogens is 3. The summed E-state index contributed by atoms with van der Waals surface area (Å²) in [6.07, 6.45) is 0.966. The molecule has 106 valence electrons. The van der Waals surface area contributed by atoms with E-state index in [2.05, 4.69) is 22.9 Å². The molecule has 0 aliphatic carbocycles. The van der Waals surface area contributed by atoms with Crippen LogP contribution in [0, 0.1) is 5.92 Å². The van der Waals surface area contributed by atoms with Crippen molar-refractivity contribution in [2.75, 3.05) is 13.1 Å². The number of benzene rings is 1. The van der Waals surface area contributed by atoms with Crippen molar-refractivity contribution in [3.8, 4) is 0 Å². The van der Waals surface area contributed by atoms with Crippen LogP contribution >= 0.6 is 39.9 Å². The average Bonchev–Trinajstić information content (AvgIpc) is 2.73. The highest BCUT2D eigenvalue weighted by Crippen LogP contribution is 2.28. The summed E-state index contributed by atoms with van der Waals surface area (Å²) >= 11 is 9.46. The van der Waals surface area contributed by atoms with Gasteiger partial charge in [-0.05, 0) is 44.0 Å². The Morgan fingerprint density at radius 1 is 1.58 bits per heavy atom. The third-order valence-corrected chi connectivity index (χ3v) is 4.24. The van der Waals surface area contributed by atoms with Gasteiger partial charge in [0, 0.05) is 17.1 Å². The Morgan fingerprint density at radius 3 is 2.84 bits per heavy atom. The highest BCUT2D eigenvalue weighted by Gasteiger charge is 2.32. The maximum Gasteiger partial charge on any atom is 0.255 e. The molecule has 1 aliphatic heterocycles. The van der Waals surface area contributed by atoms with Gasteiger partial charge in [-0.3, -0.25) is 4.79 Å². The summed E-state index contributed by atoms with van der Waals surface area (Å²) in [5, 5.41) is 0.492. The van der Waals surface area contributed by atoms with E-state index < -0.39 is 0 Å². The lowest BCUT2D eigenvalue weighted by Gasteiger charge is -2.22. The molecule has 2 unspecified atom stereocenters. The van der Waals surface area contributed by atoms with Crippen molar-refractivity contribution >= 4 is 45.8 Å². The van der Waals surface area contributed by atoms with Gasteiger partial charge in [-0.15, -0.1) is 12.4 Å². The minimum Gasteiger partial charge on any atom is -0.336 e. The van der Waals surface area contributed by atoms with Crippen LogP contribution < -0.4 is 5.73 Å². The van der Waals surface area contributed by atoms with Gasteiger partial charge in [-0.2, -0.15) is 0 Å². The van der Waals surface area contributed by atoms with Crippen LogP contribution in [0.3, 0.4) is 0 Å². The highest BCUT2D eigenvalue weighted by molar-refractivity contribution is 9.10. The summed E-state index contributed by atoms with van der Waals surface area (Å²) in [7, 11) is 0. The molecular weight excluding hydrogens is 351 g/mol. The van der Waals surface area contributed by atoms with E-state index in [-0.39, 0.29) is 24.4 Å². The minimum absolute atomic E-state index is 0. The summed E-state index contributed by atoms with van der Waals surface area (Å²) in [6.45, 7) is 3.40. The molecule has 1 aromatic rings. The zero-order valence-electron chi connectivity index (χ0n) is 10.6. The van der Waals surface area contributed by atoms with Crippen LogP contribution in [-0.4, -0.2) is 29.9 Å². The number of rotatable bonds is 2. The van der Waals surface area contributed by atoms with Gasteiger partial charge in [-0.25, -0.2) is 0 Å². The third-order valence-electron chi connectivity index (χ3n) is 3.41. The van der Waals surface area contributed by atoms with Crippen molar-refractivity contribution in [3.05, 3.63) is 33.3 Å². The molecule has 6 heteroatoms. The van der Waals surface area contributed by atoms with Crippen LogP contribution in [0.2, 0.25) is 5.02 Å². The molecule has 19 heavy (non-hydrogen) atoms. The molecule has 2 N–H and O–H groups in total. The molecule has 1 amide bonds. The second kappa shape index (κ2) is 6.93. The average molecular weight is 368 g/mol. The van der Waals surface area contributed by atoms with Crippen LogP contribution in [0.1, 0.15) is 23.7 Å². The Morgan fingerprint density at radius 2 is 2.26 bits per heavy atom. The van der Waals surface area contributed by atoms with E-state index in [0.717, 1.165) is 17.4 Å². The van der Waals surface area contributed by atoms with E-state index >= 15 is 0 Å². The van der Waals surface area contributed by atoms with Gasteiger partial charge in [0.25, 0.3) is 5.91 Å². The number of nitrogens with two attached hydrogens (primary N) is 1. The molecule has 0 bridgehead atoms. The number of carbonyl (C=O) groups excluding carboxylic acids is 1. The van der Waals surface area contributed by atoms with Crippen molar-refractivity contribution in [2.24, 2.45) is 11.7 Å². The predicted molar refractivity (Wildman–Crippen MR) is 84.1 cm³/mol. The molecule has 3 nitrogen and oxygen atoms in total. The molecule has 1 aromatic carbocycles. The van der Waals surface area contributed by atoms with E-state index in [4.69, 9.17) is 17.3 Å². The van der Waals surface area contributed by atoms with E-state index in [1.807, 2.05) is 11.0 Å². The van der Waals surface area contributed by atoms with Crippen LogP contribution in [0.5, 0.6) is 0 Å². The third kappa shape index (κ3) is 3.63. The second-order valence-corrected chi connectivity index (χ2v) is 6.09. The van der Waals surface area contributed by atoms with Gasteiger partial charge in [-0.1, -0.05) is 27.5 Å². The van der Waals surface area contributed by atoms with Gasteiger partial charge < -0.3 is 10.6 Å². The van der Waals surface area contributed by atoms with E-state index in [1.165, 1.54) is 0 Å². The highest BCUT2D eigenvalue weighted by atomic mass is 79.9. The van der Waals surface area contributed by atoms with Crippen molar-refractivity contribution in [3.63, 3.8) is 0 Å². The summed E-state index contributed by atoms with van der Waals surface area (Å²) in [5.41, 5.74) is 6.23. The predicted octanol–water partition coefficient (Wildman–Crippen LogP) is 3.33. The Labute approximate surface area is 133 Å². The molecular formula is C13H17BrCl2N2O. The van der Waals surface area contributed by atoms with E-state index in [0.29, 0.717) is 23.0 Å². The first-order valence-electron chi connectivity index (χ1n) is 5.99. The van der Waals surface area contributed by atoms with Crippen LogP contribution in [-0.2, 0) is 0 Å². The Hall–Kier alpha value is -0.290. The lowest BCUT2D eigenvalue weighted by Crippen LogP contribution is -2.34. The normalized spacial score (nSPS) is 22.2. The number of amides is 1. The Balaban J connectivity index is 0.00000180. The summed E-state index contributed by atoms with van der Waals surface area (Å²) in [5.74, 6) is 0.389. The molecule has 2 atom stereocenters. The van der Waals surface area contributed by atoms with Gasteiger partial charge in [0.1, 0.15) is 0 Å². The topological polar surface area (TPSA) is 46.3 Å². The molecule has 0 saturated carbocycles. The smallest absolute Gasteiger partial charge is 0.255 e. The molecule has 1 fully saturated rings. The number of carbonyl (C=O) groups is 1. The molecule has 0 spiro atoms. The quantitative estimate of drug-likeness (QED) is 0.871. The first-order valence-corrected chi connectivity index (χ1v) is 7.16. The SMILES string of the molecule is CC1CC(CN)CN1C(=O)c1cc(Br)ccc1Cl.Cl. The fraction of sp³-hybridized carbons (Fsp3) is 0.462. The van der Waals surface area contributed by atoms with E-state index in [1.54, 1.807) is 12.1 Å². The summed E-state index contributed by atoms with van der Waals surface area (Å²) in [6, 6.07) is 5.56. The molecule has 1 saturated heterocycles. The van der Waals surface area contributed by atoms with Crippen molar-refractivity contribution in [2.45, 2.75) is 19.4 Å². The molecule has 2 rings (SSSR count). The first-order chi connectivity index (χ1) is 8.52. The zero-order valence-corrected chi connectivity index (χ0v) is 13.8. The lowest BCUT2D eigenvalue weighted by molar-refractivity contribution is 0.0743. The Kier molecular flexibility index (Phi) is 6.12. The fourth-order valence-corrected chi connectivity index (χ4v) is 2.97. The van der Waals surface area contributed by atoms with Crippen LogP contribution in [0.4, 0.5) is 0 Å². The summed E-state index contributed by atoms with van der Waals surface area (Å²) < 4.78 is 0.859.